The Kier molecular flexibility index (Phi) is 11.0. The molecule has 2 aromatic carbocycles. The first-order chi connectivity index (χ1) is 19.8. The van der Waals surface area contributed by atoms with Gasteiger partial charge in [-0.15, -0.1) is 0 Å². The Morgan fingerprint density at radius 2 is 1.83 bits per heavy atom. The largest absolute Gasteiger partial charge is 0.480 e. The maximum absolute atomic E-state index is 13.0. The molecule has 2 atom stereocenters. The van der Waals surface area contributed by atoms with Crippen LogP contribution in [-0.2, 0) is 30.3 Å². The number of carboxylic acids is 1. The van der Waals surface area contributed by atoms with E-state index >= 15 is 0 Å². The average molecular weight is 585 g/mol. The summed E-state index contributed by atoms with van der Waals surface area (Å²) in [6.45, 7) is 5.49. The number of benzene rings is 2. The highest BCUT2D eigenvalue weighted by molar-refractivity contribution is 5.89. The Morgan fingerprint density at radius 1 is 1.14 bits per heavy atom. The lowest BCUT2D eigenvalue weighted by molar-refractivity contribution is -0.384. The van der Waals surface area contributed by atoms with Crippen LogP contribution in [0.25, 0.3) is 11.1 Å². The van der Waals surface area contributed by atoms with Crippen molar-refractivity contribution in [3.8, 4) is 11.1 Å². The zero-order valence-electron chi connectivity index (χ0n) is 23.8. The Balaban J connectivity index is 1.71. The molecule has 1 aliphatic rings. The van der Waals surface area contributed by atoms with Crippen molar-refractivity contribution in [1.29, 1.82) is 0 Å². The maximum Gasteiger partial charge on any atom is 0.412 e. The summed E-state index contributed by atoms with van der Waals surface area (Å²) in [5.41, 5.74) is 1.15. The summed E-state index contributed by atoms with van der Waals surface area (Å²) in [5.74, 6) is -2.41. The third-order valence-electron chi connectivity index (χ3n) is 6.27. The summed E-state index contributed by atoms with van der Waals surface area (Å²) in [7, 11) is 0. The molecule has 0 radical (unpaired) electrons. The number of nitro benzene ring substituents is 1. The molecule has 0 aromatic heterocycles. The highest BCUT2D eigenvalue weighted by Crippen LogP contribution is 2.25. The van der Waals surface area contributed by atoms with Gasteiger partial charge in [0.15, 0.2) is 0 Å². The van der Waals surface area contributed by atoms with Crippen LogP contribution in [-0.4, -0.2) is 76.4 Å². The molecule has 2 aromatic rings. The summed E-state index contributed by atoms with van der Waals surface area (Å²) >= 11 is 0. The molecule has 3 rings (SSSR count). The van der Waals surface area contributed by atoms with E-state index in [0.29, 0.717) is 36.3 Å². The molecule has 1 saturated heterocycles. The molecule has 1 aliphatic heterocycles. The van der Waals surface area contributed by atoms with Gasteiger partial charge in [-0.2, -0.15) is 0 Å². The first kappa shape index (κ1) is 32.0. The van der Waals surface area contributed by atoms with E-state index in [0.717, 1.165) is 0 Å². The summed E-state index contributed by atoms with van der Waals surface area (Å²) in [5, 5.41) is 25.2. The van der Waals surface area contributed by atoms with Gasteiger partial charge >= 0.3 is 12.1 Å². The van der Waals surface area contributed by atoms with Crippen molar-refractivity contribution in [1.82, 2.24) is 15.5 Å². The smallest absolute Gasteiger partial charge is 0.412 e. The number of hydrogen-bond donors (Lipinski definition) is 3. The predicted octanol–water partition coefficient (Wildman–Crippen LogP) is 3.25. The number of nitrogens with one attached hydrogen (secondary N) is 2. The number of carbonyl (C=O) groups excluding carboxylic acids is 3. The van der Waals surface area contributed by atoms with Gasteiger partial charge in [0.1, 0.15) is 24.4 Å². The molecule has 1 fully saturated rings. The van der Waals surface area contributed by atoms with Crippen molar-refractivity contribution in [3.05, 3.63) is 64.2 Å². The molecule has 0 bridgehead atoms. The van der Waals surface area contributed by atoms with Gasteiger partial charge in [0.2, 0.25) is 11.8 Å². The van der Waals surface area contributed by atoms with E-state index in [1.165, 1.54) is 17.0 Å². The maximum atomic E-state index is 13.0. The van der Waals surface area contributed by atoms with Crippen LogP contribution in [0, 0.1) is 10.1 Å². The van der Waals surface area contributed by atoms with Crippen LogP contribution in [0.2, 0.25) is 0 Å². The fraction of sp³-hybridized carbons (Fsp3) is 0.448. The van der Waals surface area contributed by atoms with Crippen molar-refractivity contribution < 1.29 is 38.7 Å². The monoisotopic (exact) mass is 584 g/mol. The van der Waals surface area contributed by atoms with Gasteiger partial charge in [-0.25, -0.2) is 4.79 Å². The third kappa shape index (κ3) is 9.84. The lowest BCUT2D eigenvalue weighted by Crippen LogP contribution is -2.50. The van der Waals surface area contributed by atoms with Gasteiger partial charge < -0.3 is 25.2 Å². The van der Waals surface area contributed by atoms with E-state index in [1.54, 1.807) is 57.2 Å². The molecule has 3 N–H and O–H groups in total. The topological polar surface area (TPSA) is 177 Å². The van der Waals surface area contributed by atoms with E-state index in [9.17, 15) is 29.3 Å². The van der Waals surface area contributed by atoms with E-state index in [2.05, 4.69) is 10.6 Å². The highest BCUT2D eigenvalue weighted by Gasteiger charge is 2.32. The first-order valence-electron chi connectivity index (χ1n) is 13.6. The number of ether oxygens (including phenoxy) is 2. The second-order valence-electron chi connectivity index (χ2n) is 10.8. The fourth-order valence-electron chi connectivity index (χ4n) is 4.39. The Hall–Kier alpha value is -4.52. The van der Waals surface area contributed by atoms with E-state index in [-0.39, 0.29) is 24.9 Å². The number of hydrogen-bond acceptors (Lipinski definition) is 8. The van der Waals surface area contributed by atoms with Gasteiger partial charge in [0, 0.05) is 37.9 Å². The van der Waals surface area contributed by atoms with Crippen molar-refractivity contribution >= 4 is 29.6 Å². The molecule has 13 heteroatoms. The lowest BCUT2D eigenvalue weighted by Gasteiger charge is -2.36. The van der Waals surface area contributed by atoms with Crippen LogP contribution in [0.15, 0.2) is 48.5 Å². The van der Waals surface area contributed by atoms with Crippen LogP contribution >= 0.6 is 0 Å². The van der Waals surface area contributed by atoms with Crippen molar-refractivity contribution in [2.45, 2.75) is 64.3 Å². The summed E-state index contributed by atoms with van der Waals surface area (Å²) < 4.78 is 11.2. The number of carbonyl (C=O) groups is 4. The Morgan fingerprint density at radius 3 is 2.50 bits per heavy atom. The second kappa shape index (κ2) is 14.4. The first-order valence-corrected chi connectivity index (χ1v) is 13.6. The predicted molar refractivity (Wildman–Crippen MR) is 151 cm³/mol. The van der Waals surface area contributed by atoms with Crippen LogP contribution < -0.4 is 10.6 Å². The molecule has 13 nitrogen and oxygen atoms in total. The summed E-state index contributed by atoms with van der Waals surface area (Å²) in [6, 6.07) is 12.0. The SMILES string of the molecule is CC(C)(C)OC(=O)N1CCCOC1CCC(=O)N[C@@H](Cc1cccc(-c2cccc([N+](=O)[O-])c2)c1)C(=O)NCC(=O)O. The molecule has 0 spiro atoms. The van der Waals surface area contributed by atoms with Gasteiger partial charge in [-0.3, -0.25) is 29.4 Å². The number of nitrogens with zero attached hydrogens (tertiary/aromatic N) is 2. The second-order valence-corrected chi connectivity index (χ2v) is 10.8. The van der Waals surface area contributed by atoms with Crippen LogP contribution in [0.4, 0.5) is 10.5 Å². The third-order valence-corrected chi connectivity index (χ3v) is 6.27. The lowest BCUT2D eigenvalue weighted by atomic mass is 9.98. The molecule has 0 aliphatic carbocycles. The number of nitro groups is 1. The van der Waals surface area contributed by atoms with Crippen molar-refractivity contribution in [2.75, 3.05) is 19.7 Å². The Labute approximate surface area is 243 Å². The summed E-state index contributed by atoms with van der Waals surface area (Å²) in [6.07, 6.45) is -0.461. The normalized spacial score (nSPS) is 15.8. The molecule has 0 saturated carbocycles. The van der Waals surface area contributed by atoms with E-state index in [1.807, 2.05) is 0 Å². The van der Waals surface area contributed by atoms with E-state index < -0.39 is 53.2 Å². The van der Waals surface area contributed by atoms with Gasteiger partial charge in [0.05, 0.1) is 11.5 Å². The Bertz CT molecular complexity index is 1310. The van der Waals surface area contributed by atoms with Crippen LogP contribution in [0.3, 0.4) is 0 Å². The molecule has 42 heavy (non-hydrogen) atoms. The van der Waals surface area contributed by atoms with Crippen molar-refractivity contribution in [2.24, 2.45) is 0 Å². The quantitative estimate of drug-likeness (QED) is 0.264. The van der Waals surface area contributed by atoms with Gasteiger partial charge in [-0.05, 0) is 43.9 Å². The number of carboxylic acid groups (broad SMARTS) is 1. The van der Waals surface area contributed by atoms with Gasteiger partial charge in [-0.1, -0.05) is 36.4 Å². The van der Waals surface area contributed by atoms with Crippen LogP contribution in [0.5, 0.6) is 0 Å². The highest BCUT2D eigenvalue weighted by atomic mass is 16.6. The molecule has 1 heterocycles. The number of amides is 3. The molecule has 1 unspecified atom stereocenters. The number of rotatable bonds is 11. The molecular formula is C29H36N4O9. The van der Waals surface area contributed by atoms with E-state index in [4.69, 9.17) is 14.6 Å². The standard InChI is InChI=1S/C29H36N4O9/c1-29(2,3)42-28(38)32-13-6-14-41-25(32)12-11-24(34)31-23(27(37)30-18-26(35)36)16-19-7-4-8-20(15-19)21-9-5-10-22(17-21)33(39)40/h4-5,7-10,15,17,23,25H,6,11-14,16,18H2,1-3H3,(H,30,37)(H,31,34)(H,35,36)/t23-,25?/m0/s1. The van der Waals surface area contributed by atoms with Crippen LogP contribution in [0.1, 0.15) is 45.6 Å². The average Bonchev–Trinajstić information content (AvgIpc) is 2.94. The minimum absolute atomic E-state index is 0.0317. The minimum atomic E-state index is -1.24. The zero-order valence-corrected chi connectivity index (χ0v) is 23.8. The molecule has 3 amide bonds. The minimum Gasteiger partial charge on any atom is -0.480 e. The zero-order chi connectivity index (χ0) is 30.9. The number of non-ortho nitro benzene ring substituents is 1. The molecule has 226 valence electrons. The number of aliphatic carboxylic acids is 1. The summed E-state index contributed by atoms with van der Waals surface area (Å²) in [4.78, 5) is 61.7. The molecular weight excluding hydrogens is 548 g/mol. The van der Waals surface area contributed by atoms with Crippen molar-refractivity contribution in [3.63, 3.8) is 0 Å². The fourth-order valence-corrected chi connectivity index (χ4v) is 4.39. The van der Waals surface area contributed by atoms with Gasteiger partial charge in [0.25, 0.3) is 5.69 Å².